The van der Waals surface area contributed by atoms with Crippen molar-refractivity contribution in [2.24, 2.45) is 5.73 Å². The van der Waals surface area contributed by atoms with E-state index in [1.54, 1.807) is 0 Å². The fourth-order valence-electron chi connectivity index (χ4n) is 0.524. The number of ketones is 1. The number of hydrogen-bond acceptors (Lipinski definition) is 2. The monoisotopic (exact) mass is 193 g/mol. The van der Waals surface area contributed by atoms with Crippen LogP contribution in [0.2, 0.25) is 0 Å². The highest BCUT2D eigenvalue weighted by molar-refractivity contribution is 9.10. The van der Waals surface area contributed by atoms with E-state index in [4.69, 9.17) is 5.73 Å². The molecule has 0 spiro atoms. The Hall–Kier alpha value is 0.110. The van der Waals surface area contributed by atoms with E-state index in [-0.39, 0.29) is 10.6 Å². The van der Waals surface area contributed by atoms with Crippen molar-refractivity contribution in [3.05, 3.63) is 0 Å². The summed E-state index contributed by atoms with van der Waals surface area (Å²) in [6.45, 7) is 5.15. The molecule has 0 aliphatic carbocycles. The van der Waals surface area contributed by atoms with Crippen molar-refractivity contribution in [1.82, 2.24) is 0 Å². The van der Waals surface area contributed by atoms with Gasteiger partial charge in [-0.2, -0.15) is 0 Å². The Morgan fingerprint density at radius 1 is 1.67 bits per heavy atom. The first-order valence-electron chi connectivity index (χ1n) is 2.79. The number of carbonyl (C=O) groups is 1. The maximum atomic E-state index is 10.7. The fourth-order valence-corrected chi connectivity index (χ4v) is 0.524. The molecule has 0 radical (unpaired) electrons. The van der Waals surface area contributed by atoms with Gasteiger partial charge < -0.3 is 5.73 Å². The Kier molecular flexibility index (Phi) is 2.83. The van der Waals surface area contributed by atoms with Gasteiger partial charge in [0.25, 0.3) is 0 Å². The third-order valence-electron chi connectivity index (χ3n) is 1.01. The molecule has 0 aliphatic heterocycles. The highest BCUT2D eigenvalue weighted by atomic mass is 79.9. The lowest BCUT2D eigenvalue weighted by molar-refractivity contribution is -0.117. The minimum Gasteiger partial charge on any atom is -0.324 e. The van der Waals surface area contributed by atoms with Gasteiger partial charge in [-0.3, -0.25) is 4.79 Å². The first-order valence-corrected chi connectivity index (χ1v) is 3.70. The lowest BCUT2D eigenvalue weighted by Crippen LogP contribution is -2.45. The molecule has 54 valence electrons. The molecule has 0 bridgehead atoms. The van der Waals surface area contributed by atoms with E-state index >= 15 is 0 Å². The maximum absolute atomic E-state index is 10.7. The number of hydrogen-bond donors (Lipinski definition) is 1. The molecule has 0 saturated carbocycles. The zero-order valence-electron chi connectivity index (χ0n) is 5.94. The first kappa shape index (κ1) is 9.11. The second-order valence-corrected chi connectivity index (χ2v) is 3.71. The molecular weight excluding hydrogens is 182 g/mol. The van der Waals surface area contributed by atoms with E-state index < -0.39 is 5.54 Å². The summed E-state index contributed by atoms with van der Waals surface area (Å²) in [4.78, 5) is 10.4. The fraction of sp³-hybridized carbons (Fsp3) is 0.833. The van der Waals surface area contributed by atoms with Crippen LogP contribution in [0.5, 0.6) is 0 Å². The van der Waals surface area contributed by atoms with E-state index in [2.05, 4.69) is 15.9 Å². The lowest BCUT2D eigenvalue weighted by atomic mass is 10.00. The molecular formula is C6H12BrNO. The Bertz CT molecular complexity index is 117. The molecule has 0 saturated heterocycles. The normalized spacial score (nSPS) is 15.2. The molecule has 3 heteroatoms. The van der Waals surface area contributed by atoms with Crippen molar-refractivity contribution in [2.45, 2.75) is 31.1 Å². The van der Waals surface area contributed by atoms with Crippen LogP contribution in [0.25, 0.3) is 0 Å². The minimum atomic E-state index is -0.453. The SMILES string of the molecule is CC(=O)C(Br)C(C)(C)N. The standard InChI is InChI=1S/C6H12BrNO/c1-4(9)5(7)6(2,3)8/h5H,8H2,1-3H3. The van der Waals surface area contributed by atoms with Crippen LogP contribution in [0, 0.1) is 0 Å². The smallest absolute Gasteiger partial charge is 0.145 e. The number of Topliss-reactive ketones (excluding diaryl/α,β-unsaturated/α-hetero) is 1. The molecule has 0 aromatic rings. The largest absolute Gasteiger partial charge is 0.324 e. The quantitative estimate of drug-likeness (QED) is 0.668. The number of nitrogens with two attached hydrogens (primary N) is 1. The van der Waals surface area contributed by atoms with Gasteiger partial charge in [-0.05, 0) is 20.8 Å². The molecule has 2 nitrogen and oxygen atoms in total. The zero-order valence-corrected chi connectivity index (χ0v) is 7.53. The molecule has 0 aromatic carbocycles. The Morgan fingerprint density at radius 2 is 2.00 bits per heavy atom. The van der Waals surface area contributed by atoms with Gasteiger partial charge in [0.1, 0.15) is 5.78 Å². The van der Waals surface area contributed by atoms with Crippen molar-refractivity contribution in [3.63, 3.8) is 0 Å². The Labute approximate surface area is 63.9 Å². The third kappa shape index (κ3) is 2.96. The van der Waals surface area contributed by atoms with E-state index in [0.29, 0.717) is 0 Å². The molecule has 0 amide bonds. The average Bonchev–Trinajstić information content (AvgIpc) is 1.62. The van der Waals surface area contributed by atoms with E-state index in [9.17, 15) is 4.79 Å². The van der Waals surface area contributed by atoms with E-state index in [1.807, 2.05) is 13.8 Å². The maximum Gasteiger partial charge on any atom is 0.145 e. The predicted molar refractivity (Wildman–Crippen MR) is 41.7 cm³/mol. The van der Waals surface area contributed by atoms with Crippen molar-refractivity contribution >= 4 is 21.7 Å². The van der Waals surface area contributed by atoms with E-state index in [0.717, 1.165) is 0 Å². The summed E-state index contributed by atoms with van der Waals surface area (Å²) in [5, 5.41) is 0. The van der Waals surface area contributed by atoms with E-state index in [1.165, 1.54) is 6.92 Å². The number of halogens is 1. The molecule has 0 aliphatic rings. The summed E-state index contributed by atoms with van der Waals surface area (Å²) in [6, 6.07) is 0. The van der Waals surface area contributed by atoms with Crippen LogP contribution in [0.15, 0.2) is 0 Å². The number of rotatable bonds is 2. The van der Waals surface area contributed by atoms with Crippen LogP contribution in [-0.4, -0.2) is 16.1 Å². The van der Waals surface area contributed by atoms with Gasteiger partial charge in [0.2, 0.25) is 0 Å². The molecule has 0 heterocycles. The summed E-state index contributed by atoms with van der Waals surface area (Å²) < 4.78 is 0. The third-order valence-corrected chi connectivity index (χ3v) is 2.83. The molecule has 1 atom stereocenters. The first-order chi connectivity index (χ1) is 3.85. The van der Waals surface area contributed by atoms with Crippen LogP contribution in [0.3, 0.4) is 0 Å². The zero-order chi connectivity index (χ0) is 7.65. The lowest BCUT2D eigenvalue weighted by Gasteiger charge is -2.22. The summed E-state index contributed by atoms with van der Waals surface area (Å²) in [5.41, 5.74) is 5.16. The van der Waals surface area contributed by atoms with Gasteiger partial charge in [-0.25, -0.2) is 0 Å². The second-order valence-electron chi connectivity index (χ2n) is 2.79. The van der Waals surface area contributed by atoms with Crippen LogP contribution in [0.4, 0.5) is 0 Å². The van der Waals surface area contributed by atoms with Crippen LogP contribution in [-0.2, 0) is 4.79 Å². The minimum absolute atomic E-state index is 0.0718. The van der Waals surface area contributed by atoms with Crippen molar-refractivity contribution in [2.75, 3.05) is 0 Å². The summed E-state index contributed by atoms with van der Waals surface area (Å²) in [5.74, 6) is 0.0718. The molecule has 9 heavy (non-hydrogen) atoms. The number of carbonyl (C=O) groups excluding carboxylic acids is 1. The van der Waals surface area contributed by atoms with Crippen LogP contribution >= 0.6 is 15.9 Å². The number of alkyl halides is 1. The van der Waals surface area contributed by atoms with Crippen LogP contribution in [0.1, 0.15) is 20.8 Å². The Balaban J connectivity index is 4.04. The molecule has 1 unspecified atom stereocenters. The molecule has 0 rings (SSSR count). The summed E-state index contributed by atoms with van der Waals surface area (Å²) in [6.07, 6.45) is 0. The van der Waals surface area contributed by atoms with Gasteiger partial charge in [-0.15, -0.1) is 0 Å². The second kappa shape index (κ2) is 2.80. The van der Waals surface area contributed by atoms with Gasteiger partial charge in [0, 0.05) is 5.54 Å². The summed E-state index contributed by atoms with van der Waals surface area (Å²) in [7, 11) is 0. The highest BCUT2D eigenvalue weighted by Gasteiger charge is 2.25. The van der Waals surface area contributed by atoms with Crippen molar-refractivity contribution in [1.29, 1.82) is 0 Å². The van der Waals surface area contributed by atoms with Crippen LogP contribution < -0.4 is 5.73 Å². The molecule has 0 fully saturated rings. The van der Waals surface area contributed by atoms with Gasteiger partial charge in [-0.1, -0.05) is 15.9 Å². The average molecular weight is 194 g/mol. The van der Waals surface area contributed by atoms with Gasteiger partial charge >= 0.3 is 0 Å². The van der Waals surface area contributed by atoms with Gasteiger partial charge in [0.05, 0.1) is 4.83 Å². The van der Waals surface area contributed by atoms with Gasteiger partial charge in [0.15, 0.2) is 0 Å². The van der Waals surface area contributed by atoms with Crippen molar-refractivity contribution < 1.29 is 4.79 Å². The topological polar surface area (TPSA) is 43.1 Å². The molecule has 0 aromatic heterocycles. The summed E-state index contributed by atoms with van der Waals surface area (Å²) >= 11 is 3.19. The Morgan fingerprint density at radius 3 is 2.00 bits per heavy atom. The predicted octanol–water partition coefficient (Wildman–Crippen LogP) is 1.08. The van der Waals surface area contributed by atoms with Crippen molar-refractivity contribution in [3.8, 4) is 0 Å². The highest BCUT2D eigenvalue weighted by Crippen LogP contribution is 2.14. The molecule has 2 N–H and O–H groups in total.